The zero-order chi connectivity index (χ0) is 19.6. The van der Waals surface area contributed by atoms with Crippen LogP contribution in [0.3, 0.4) is 0 Å². The standard InChI is InChI=1S/C21H33NO5/c1-4-27-17-11-20(2)12(9-15(17)23)5-6-13-14-7-8-18(22(25)26)21(14,3)10-16(24)19(13)20/h12-15,17-19,23H,4-11H2,1-3H3/t12-,13-,14-,15-,17-,18-,19+,20-,21-/m0/s1. The molecule has 6 heteroatoms. The van der Waals surface area contributed by atoms with Crippen LogP contribution in [-0.2, 0) is 9.53 Å². The van der Waals surface area contributed by atoms with Gasteiger partial charge in [-0.05, 0) is 62.2 Å². The molecule has 0 unspecified atom stereocenters. The number of fused-ring (bicyclic) bond motifs is 5. The molecule has 4 fully saturated rings. The summed E-state index contributed by atoms with van der Waals surface area (Å²) in [7, 11) is 0. The zero-order valence-electron chi connectivity index (χ0n) is 16.7. The van der Waals surface area contributed by atoms with Gasteiger partial charge in [-0.15, -0.1) is 0 Å². The van der Waals surface area contributed by atoms with Crippen molar-refractivity contribution >= 4 is 5.78 Å². The van der Waals surface area contributed by atoms with Gasteiger partial charge in [0.15, 0.2) is 0 Å². The largest absolute Gasteiger partial charge is 0.390 e. The molecule has 27 heavy (non-hydrogen) atoms. The maximum atomic E-state index is 13.4. The van der Waals surface area contributed by atoms with E-state index in [1.807, 2.05) is 13.8 Å². The fourth-order valence-corrected chi connectivity index (χ4v) is 7.78. The highest BCUT2D eigenvalue weighted by atomic mass is 16.6. The lowest BCUT2D eigenvalue weighted by atomic mass is 9.44. The monoisotopic (exact) mass is 379 g/mol. The summed E-state index contributed by atoms with van der Waals surface area (Å²) in [5, 5.41) is 22.1. The Morgan fingerprint density at radius 2 is 1.96 bits per heavy atom. The van der Waals surface area contributed by atoms with E-state index in [-0.39, 0.29) is 40.0 Å². The van der Waals surface area contributed by atoms with Crippen LogP contribution in [0.5, 0.6) is 0 Å². The normalized spacial score (nSPS) is 52.0. The van der Waals surface area contributed by atoms with Gasteiger partial charge in [-0.2, -0.15) is 0 Å². The van der Waals surface area contributed by atoms with Gasteiger partial charge in [-0.25, -0.2) is 0 Å². The van der Waals surface area contributed by atoms with Crippen LogP contribution in [-0.4, -0.2) is 40.7 Å². The third-order valence-electron chi connectivity index (χ3n) is 8.93. The average Bonchev–Trinajstić information content (AvgIpc) is 2.92. The minimum Gasteiger partial charge on any atom is -0.390 e. The van der Waals surface area contributed by atoms with Gasteiger partial charge in [-0.3, -0.25) is 14.9 Å². The molecule has 4 aliphatic carbocycles. The molecule has 152 valence electrons. The molecule has 4 saturated carbocycles. The molecule has 0 amide bonds. The number of nitrogens with zero attached hydrogens (tertiary/aromatic N) is 1. The fraction of sp³-hybridized carbons (Fsp3) is 0.952. The lowest BCUT2D eigenvalue weighted by Gasteiger charge is -2.60. The van der Waals surface area contributed by atoms with Crippen molar-refractivity contribution in [3.63, 3.8) is 0 Å². The number of ether oxygens (including phenoxy) is 1. The summed E-state index contributed by atoms with van der Waals surface area (Å²) in [5.74, 6) is 1.05. The van der Waals surface area contributed by atoms with E-state index in [0.717, 1.165) is 25.7 Å². The first-order chi connectivity index (χ1) is 12.7. The Hall–Kier alpha value is -1.01. The van der Waals surface area contributed by atoms with Gasteiger partial charge in [0.25, 0.3) is 0 Å². The molecule has 9 atom stereocenters. The van der Waals surface area contributed by atoms with Crippen LogP contribution in [0, 0.1) is 44.6 Å². The minimum atomic E-state index is -0.581. The van der Waals surface area contributed by atoms with Crippen LogP contribution >= 0.6 is 0 Å². The van der Waals surface area contributed by atoms with Crippen LogP contribution in [0.25, 0.3) is 0 Å². The molecule has 0 aliphatic heterocycles. The maximum absolute atomic E-state index is 13.4. The first-order valence-electron chi connectivity index (χ1n) is 10.7. The highest BCUT2D eigenvalue weighted by Crippen LogP contribution is 2.65. The van der Waals surface area contributed by atoms with Crippen LogP contribution in [0.4, 0.5) is 0 Å². The number of carbonyl (C=O) groups excluding carboxylic acids is 1. The molecule has 0 aromatic carbocycles. The Balaban J connectivity index is 1.66. The lowest BCUT2D eigenvalue weighted by molar-refractivity contribution is -0.539. The third-order valence-corrected chi connectivity index (χ3v) is 8.93. The molecular weight excluding hydrogens is 346 g/mol. The Bertz CT molecular complexity index is 638. The quantitative estimate of drug-likeness (QED) is 0.601. The van der Waals surface area contributed by atoms with Gasteiger partial charge in [0.1, 0.15) is 5.78 Å². The molecule has 0 saturated heterocycles. The highest BCUT2D eigenvalue weighted by Gasteiger charge is 2.66. The zero-order valence-corrected chi connectivity index (χ0v) is 16.7. The number of rotatable bonds is 3. The van der Waals surface area contributed by atoms with E-state index in [9.17, 15) is 20.0 Å². The Kier molecular flexibility index (Phi) is 4.66. The third kappa shape index (κ3) is 2.70. The summed E-state index contributed by atoms with van der Waals surface area (Å²) in [6, 6.07) is -0.581. The van der Waals surface area contributed by atoms with Gasteiger partial charge in [-0.1, -0.05) is 13.8 Å². The summed E-state index contributed by atoms with van der Waals surface area (Å²) in [6.07, 6.45) is 4.57. The number of hydrogen-bond acceptors (Lipinski definition) is 5. The SMILES string of the molecule is CCO[C@H]1C[C@@]2(C)[C@@H](CC[C@H]3[C@@H]4CC[C@H]([N+](=O)[O-])[C@@]4(C)CC(=O)[C@@H]32)C[C@@H]1O. The molecule has 1 N–H and O–H groups in total. The van der Waals surface area contributed by atoms with E-state index in [4.69, 9.17) is 4.74 Å². The molecule has 0 aromatic rings. The number of Topliss-reactive ketones (excluding diaryl/α,β-unsaturated/α-hetero) is 1. The Morgan fingerprint density at radius 1 is 1.22 bits per heavy atom. The first-order valence-corrected chi connectivity index (χ1v) is 10.7. The van der Waals surface area contributed by atoms with Crippen molar-refractivity contribution < 1.29 is 19.6 Å². The van der Waals surface area contributed by atoms with Crippen molar-refractivity contribution in [2.75, 3.05) is 6.61 Å². The van der Waals surface area contributed by atoms with Gasteiger partial charge in [0.05, 0.1) is 12.2 Å². The number of aliphatic hydroxyl groups is 1. The second-order valence-electron chi connectivity index (χ2n) is 10.1. The topological polar surface area (TPSA) is 89.7 Å². The van der Waals surface area contributed by atoms with Crippen molar-refractivity contribution in [2.45, 2.75) is 84.0 Å². The molecule has 4 aliphatic rings. The number of nitro groups is 1. The molecule has 0 bridgehead atoms. The summed E-state index contributed by atoms with van der Waals surface area (Å²) < 4.78 is 5.83. The second-order valence-corrected chi connectivity index (χ2v) is 10.1. The van der Waals surface area contributed by atoms with Crippen molar-refractivity contribution in [2.24, 2.45) is 34.5 Å². The summed E-state index contributed by atoms with van der Waals surface area (Å²) >= 11 is 0. The summed E-state index contributed by atoms with van der Waals surface area (Å²) in [5.41, 5.74) is -0.647. The van der Waals surface area contributed by atoms with Crippen LogP contribution in [0.15, 0.2) is 0 Å². The molecule has 4 rings (SSSR count). The predicted molar refractivity (Wildman–Crippen MR) is 99.7 cm³/mol. The van der Waals surface area contributed by atoms with Crippen molar-refractivity contribution in [1.29, 1.82) is 0 Å². The summed E-state index contributed by atoms with van der Waals surface area (Å²) in [4.78, 5) is 24.9. The van der Waals surface area contributed by atoms with Gasteiger partial charge in [0, 0.05) is 35.7 Å². The van der Waals surface area contributed by atoms with Crippen LogP contribution in [0.1, 0.15) is 65.7 Å². The van der Waals surface area contributed by atoms with Crippen molar-refractivity contribution in [1.82, 2.24) is 0 Å². The molecule has 0 radical (unpaired) electrons. The molecule has 6 nitrogen and oxygen atoms in total. The molecule has 0 heterocycles. The second kappa shape index (κ2) is 6.51. The summed E-state index contributed by atoms with van der Waals surface area (Å²) in [6.45, 7) is 6.73. The molecule has 0 spiro atoms. The van der Waals surface area contributed by atoms with Crippen molar-refractivity contribution in [3.05, 3.63) is 10.1 Å². The van der Waals surface area contributed by atoms with E-state index in [2.05, 4.69) is 6.92 Å². The van der Waals surface area contributed by atoms with E-state index in [0.29, 0.717) is 31.8 Å². The Labute approximate surface area is 161 Å². The number of carbonyl (C=O) groups is 1. The van der Waals surface area contributed by atoms with Crippen molar-refractivity contribution in [3.8, 4) is 0 Å². The van der Waals surface area contributed by atoms with E-state index >= 15 is 0 Å². The minimum absolute atomic E-state index is 0.0321. The van der Waals surface area contributed by atoms with Crippen LogP contribution < -0.4 is 0 Å². The van der Waals surface area contributed by atoms with E-state index < -0.39 is 17.6 Å². The van der Waals surface area contributed by atoms with Gasteiger partial charge in [0.2, 0.25) is 6.04 Å². The lowest BCUT2D eigenvalue weighted by Crippen LogP contribution is -2.60. The number of hydrogen-bond donors (Lipinski definition) is 1. The fourth-order valence-electron chi connectivity index (χ4n) is 7.78. The average molecular weight is 379 g/mol. The van der Waals surface area contributed by atoms with Crippen LogP contribution in [0.2, 0.25) is 0 Å². The Morgan fingerprint density at radius 3 is 2.63 bits per heavy atom. The van der Waals surface area contributed by atoms with E-state index in [1.165, 1.54) is 0 Å². The highest BCUT2D eigenvalue weighted by molar-refractivity contribution is 5.84. The number of aliphatic hydroxyl groups excluding tert-OH is 1. The molecular formula is C21H33NO5. The maximum Gasteiger partial charge on any atom is 0.219 e. The van der Waals surface area contributed by atoms with Gasteiger partial charge >= 0.3 is 0 Å². The van der Waals surface area contributed by atoms with Gasteiger partial charge < -0.3 is 9.84 Å². The molecule has 0 aromatic heterocycles. The smallest absolute Gasteiger partial charge is 0.219 e. The number of ketones is 1. The first kappa shape index (κ1) is 19.3. The predicted octanol–water partition coefficient (Wildman–Crippen LogP) is 3.23. The van der Waals surface area contributed by atoms with E-state index in [1.54, 1.807) is 0 Å².